The maximum absolute atomic E-state index is 11.6. The molecule has 6 heteroatoms. The van der Waals surface area contributed by atoms with Gasteiger partial charge in [-0.3, -0.25) is 0 Å². The van der Waals surface area contributed by atoms with E-state index in [1.165, 1.54) is 7.05 Å². The van der Waals surface area contributed by atoms with Crippen molar-refractivity contribution < 1.29 is 12.8 Å². The normalized spacial score (nSPS) is 11.5. The Kier molecular flexibility index (Phi) is 4.46. The molecule has 1 heterocycles. The van der Waals surface area contributed by atoms with Gasteiger partial charge in [-0.15, -0.1) is 0 Å². The fourth-order valence-electron chi connectivity index (χ4n) is 1.77. The largest absolute Gasteiger partial charge is 0.464 e. The summed E-state index contributed by atoms with van der Waals surface area (Å²) in [5.41, 5.74) is 0.842. The second-order valence-electron chi connectivity index (χ2n) is 4.31. The summed E-state index contributed by atoms with van der Waals surface area (Å²) in [4.78, 5) is 0.247. The number of aryl methyl sites for hydroxylation is 1. The Hall–Kier alpha value is -1.79. The van der Waals surface area contributed by atoms with Crippen LogP contribution in [0.25, 0.3) is 0 Å². The maximum Gasteiger partial charge on any atom is 0.240 e. The Morgan fingerprint density at radius 2 is 1.70 bits per heavy atom. The first-order valence-corrected chi connectivity index (χ1v) is 7.88. The first-order chi connectivity index (χ1) is 9.55. The van der Waals surface area contributed by atoms with Crippen molar-refractivity contribution in [1.82, 2.24) is 4.72 Å². The van der Waals surface area contributed by atoms with Gasteiger partial charge in [-0.25, -0.2) is 13.1 Å². The Morgan fingerprint density at radius 1 is 1.05 bits per heavy atom. The first-order valence-electron chi connectivity index (χ1n) is 6.40. The highest BCUT2D eigenvalue weighted by atomic mass is 32.2. The van der Waals surface area contributed by atoms with Crippen molar-refractivity contribution in [2.75, 3.05) is 12.4 Å². The van der Waals surface area contributed by atoms with Crippen LogP contribution in [-0.2, 0) is 23.0 Å². The molecule has 2 aromatic rings. The third-order valence-electron chi connectivity index (χ3n) is 2.97. The SMILES string of the molecule is CCc1ccc(CNc2ccc(S(=O)(=O)NC)cc2)o1. The van der Waals surface area contributed by atoms with E-state index in [4.69, 9.17) is 4.42 Å². The van der Waals surface area contributed by atoms with Crippen molar-refractivity contribution in [2.45, 2.75) is 24.8 Å². The van der Waals surface area contributed by atoms with Gasteiger partial charge < -0.3 is 9.73 Å². The summed E-state index contributed by atoms with van der Waals surface area (Å²) < 4.78 is 31.0. The van der Waals surface area contributed by atoms with E-state index in [0.29, 0.717) is 6.54 Å². The quantitative estimate of drug-likeness (QED) is 0.858. The molecule has 0 bridgehead atoms. The highest BCUT2D eigenvalue weighted by Gasteiger charge is 2.10. The molecule has 0 atom stereocenters. The molecule has 0 unspecified atom stereocenters. The Labute approximate surface area is 119 Å². The molecule has 0 aliphatic carbocycles. The maximum atomic E-state index is 11.6. The number of hydrogen-bond acceptors (Lipinski definition) is 4. The number of anilines is 1. The Balaban J connectivity index is 2.00. The number of hydrogen-bond donors (Lipinski definition) is 2. The van der Waals surface area contributed by atoms with Crippen LogP contribution >= 0.6 is 0 Å². The fourth-order valence-corrected chi connectivity index (χ4v) is 2.50. The van der Waals surface area contributed by atoms with Crippen molar-refractivity contribution >= 4 is 15.7 Å². The fraction of sp³-hybridized carbons (Fsp3) is 0.286. The van der Waals surface area contributed by atoms with E-state index in [1.54, 1.807) is 24.3 Å². The van der Waals surface area contributed by atoms with Crippen LogP contribution in [0, 0.1) is 0 Å². The molecule has 1 aromatic heterocycles. The van der Waals surface area contributed by atoms with Crippen LogP contribution in [-0.4, -0.2) is 15.5 Å². The molecule has 5 nitrogen and oxygen atoms in total. The summed E-state index contributed by atoms with van der Waals surface area (Å²) in [7, 11) is -1.99. The van der Waals surface area contributed by atoms with Gasteiger partial charge in [-0.1, -0.05) is 6.92 Å². The van der Waals surface area contributed by atoms with Crippen LogP contribution in [0.15, 0.2) is 45.7 Å². The number of rotatable bonds is 6. The minimum absolute atomic E-state index is 0.247. The molecule has 1 aromatic carbocycles. The van der Waals surface area contributed by atoms with Crippen molar-refractivity contribution in [3.05, 3.63) is 47.9 Å². The van der Waals surface area contributed by atoms with E-state index in [0.717, 1.165) is 23.6 Å². The van der Waals surface area contributed by atoms with Gasteiger partial charge in [0.25, 0.3) is 0 Å². The van der Waals surface area contributed by atoms with E-state index in [2.05, 4.69) is 10.0 Å². The minimum Gasteiger partial charge on any atom is -0.464 e. The lowest BCUT2D eigenvalue weighted by atomic mass is 10.3. The lowest BCUT2D eigenvalue weighted by molar-refractivity contribution is 0.476. The predicted molar refractivity (Wildman–Crippen MR) is 78.1 cm³/mol. The number of benzene rings is 1. The average molecular weight is 294 g/mol. The molecular formula is C14H18N2O3S. The molecule has 20 heavy (non-hydrogen) atoms. The molecule has 0 saturated carbocycles. The van der Waals surface area contributed by atoms with Gasteiger partial charge in [-0.05, 0) is 43.4 Å². The molecule has 108 valence electrons. The topological polar surface area (TPSA) is 71.3 Å². The highest BCUT2D eigenvalue weighted by molar-refractivity contribution is 7.89. The molecule has 0 aliphatic rings. The summed E-state index contributed by atoms with van der Waals surface area (Å²) in [5, 5.41) is 3.19. The van der Waals surface area contributed by atoms with Crippen LogP contribution in [0.5, 0.6) is 0 Å². The monoisotopic (exact) mass is 294 g/mol. The highest BCUT2D eigenvalue weighted by Crippen LogP contribution is 2.15. The van der Waals surface area contributed by atoms with E-state index in [1.807, 2.05) is 19.1 Å². The molecule has 2 N–H and O–H groups in total. The van der Waals surface area contributed by atoms with Crippen molar-refractivity contribution in [2.24, 2.45) is 0 Å². The summed E-state index contributed by atoms with van der Waals surface area (Å²) in [6.45, 7) is 2.61. The third kappa shape index (κ3) is 3.40. The van der Waals surface area contributed by atoms with Crippen LogP contribution in [0.4, 0.5) is 5.69 Å². The van der Waals surface area contributed by atoms with Gasteiger partial charge in [-0.2, -0.15) is 0 Å². The molecule has 0 aliphatic heterocycles. The molecule has 0 saturated heterocycles. The molecule has 0 spiro atoms. The summed E-state index contributed by atoms with van der Waals surface area (Å²) in [6.07, 6.45) is 0.872. The van der Waals surface area contributed by atoms with Crippen LogP contribution in [0.1, 0.15) is 18.4 Å². The van der Waals surface area contributed by atoms with Crippen molar-refractivity contribution in [3.8, 4) is 0 Å². The third-order valence-corrected chi connectivity index (χ3v) is 4.40. The van der Waals surface area contributed by atoms with Crippen LogP contribution in [0.2, 0.25) is 0 Å². The minimum atomic E-state index is -3.38. The van der Waals surface area contributed by atoms with Gasteiger partial charge in [0.15, 0.2) is 0 Å². The zero-order chi connectivity index (χ0) is 14.6. The van der Waals surface area contributed by atoms with Gasteiger partial charge in [0, 0.05) is 12.1 Å². The summed E-state index contributed by atoms with van der Waals surface area (Å²) in [5.74, 6) is 1.81. The molecule has 0 amide bonds. The number of furan rings is 1. The van der Waals surface area contributed by atoms with Gasteiger partial charge in [0.2, 0.25) is 10.0 Å². The van der Waals surface area contributed by atoms with Gasteiger partial charge in [0.05, 0.1) is 11.4 Å². The van der Waals surface area contributed by atoms with Crippen molar-refractivity contribution in [3.63, 3.8) is 0 Å². The second-order valence-corrected chi connectivity index (χ2v) is 6.19. The number of sulfonamides is 1. The van der Waals surface area contributed by atoms with Crippen LogP contribution < -0.4 is 10.0 Å². The Morgan fingerprint density at radius 3 is 2.25 bits per heavy atom. The standard InChI is InChI=1S/C14H18N2O3S/c1-3-12-6-7-13(19-12)10-16-11-4-8-14(9-5-11)20(17,18)15-2/h4-9,15-16H,3,10H2,1-2H3. The lowest BCUT2D eigenvalue weighted by Crippen LogP contribution is -2.18. The first kappa shape index (κ1) is 14.6. The van der Waals surface area contributed by atoms with E-state index >= 15 is 0 Å². The van der Waals surface area contributed by atoms with E-state index < -0.39 is 10.0 Å². The van der Waals surface area contributed by atoms with Crippen molar-refractivity contribution in [1.29, 1.82) is 0 Å². The number of nitrogens with one attached hydrogen (secondary N) is 2. The zero-order valence-corrected chi connectivity index (χ0v) is 12.3. The van der Waals surface area contributed by atoms with Crippen LogP contribution in [0.3, 0.4) is 0 Å². The molecule has 2 rings (SSSR count). The van der Waals surface area contributed by atoms with Gasteiger partial charge in [0.1, 0.15) is 11.5 Å². The second kappa shape index (κ2) is 6.11. The summed E-state index contributed by atoms with van der Waals surface area (Å²) >= 11 is 0. The lowest BCUT2D eigenvalue weighted by Gasteiger charge is -2.06. The van der Waals surface area contributed by atoms with Gasteiger partial charge >= 0.3 is 0 Å². The molecule has 0 fully saturated rings. The Bertz CT molecular complexity index is 660. The molecular weight excluding hydrogens is 276 g/mol. The van der Waals surface area contributed by atoms with E-state index in [-0.39, 0.29) is 4.90 Å². The zero-order valence-electron chi connectivity index (χ0n) is 11.5. The molecule has 0 radical (unpaired) electrons. The predicted octanol–water partition coefficient (Wildman–Crippen LogP) is 2.36. The average Bonchev–Trinajstić information content (AvgIpc) is 2.93. The van der Waals surface area contributed by atoms with E-state index in [9.17, 15) is 8.42 Å². The summed E-state index contributed by atoms with van der Waals surface area (Å²) in [6, 6.07) is 10.5. The smallest absolute Gasteiger partial charge is 0.240 e.